The maximum absolute atomic E-state index is 13.7. The van der Waals surface area contributed by atoms with Gasteiger partial charge in [-0.3, -0.25) is 4.79 Å². The number of amides is 1. The number of likely N-dealkylation sites (tertiary alicyclic amines) is 1. The fraction of sp³-hybridized carbons (Fsp3) is 0.560. The van der Waals surface area contributed by atoms with E-state index in [1.807, 2.05) is 4.90 Å². The summed E-state index contributed by atoms with van der Waals surface area (Å²) < 4.78 is 41.7. The van der Waals surface area contributed by atoms with Gasteiger partial charge in [-0.2, -0.15) is 0 Å². The van der Waals surface area contributed by atoms with Crippen LogP contribution in [-0.4, -0.2) is 47.5 Å². The summed E-state index contributed by atoms with van der Waals surface area (Å²) in [6.45, 7) is 7.25. The Hall–Kier alpha value is -2.97. The second kappa shape index (κ2) is 8.67. The topological polar surface area (TPSA) is 88.5 Å². The Labute approximate surface area is 197 Å². The number of phenols is 2. The number of phenolic OH excluding ortho intramolecular Hbond substituents is 2. The summed E-state index contributed by atoms with van der Waals surface area (Å²) in [7, 11) is 1.41. The monoisotopic (exact) mass is 479 g/mol. The average Bonchev–Trinajstić information content (AvgIpc) is 3.04. The van der Waals surface area contributed by atoms with Crippen LogP contribution < -0.4 is 4.74 Å². The van der Waals surface area contributed by atoms with Gasteiger partial charge in [-0.25, -0.2) is 0 Å². The van der Waals surface area contributed by atoms with Crippen LogP contribution >= 0.6 is 0 Å². The number of allylic oxidation sites excluding steroid dienone is 2. The number of carbonyl (C=O) groups is 1. The Balaban J connectivity index is 1.73. The van der Waals surface area contributed by atoms with E-state index in [1.54, 1.807) is 6.92 Å². The van der Waals surface area contributed by atoms with Crippen molar-refractivity contribution in [3.8, 4) is 17.2 Å². The van der Waals surface area contributed by atoms with Crippen LogP contribution in [0.15, 0.2) is 35.8 Å². The molecular formula is C25H31F2NO6. The molecule has 1 aromatic rings. The first kappa shape index (κ1) is 24.2. The van der Waals surface area contributed by atoms with Gasteiger partial charge in [0.05, 0.1) is 7.11 Å². The first-order chi connectivity index (χ1) is 15.9. The zero-order chi connectivity index (χ0) is 24.8. The molecule has 0 saturated carbocycles. The lowest BCUT2D eigenvalue weighted by molar-refractivity contribution is -0.326. The predicted molar refractivity (Wildman–Crippen MR) is 119 cm³/mol. The highest BCUT2D eigenvalue weighted by molar-refractivity contribution is 5.78. The lowest BCUT2D eigenvalue weighted by atomic mass is 9.67. The third-order valence-corrected chi connectivity index (χ3v) is 6.98. The second-order valence-electron chi connectivity index (χ2n) is 10.0. The number of alkyl halides is 2. The van der Waals surface area contributed by atoms with Gasteiger partial charge in [-0.1, -0.05) is 20.8 Å². The minimum atomic E-state index is -3.77. The SMILES string of the molecule is COc1cc(O)c(C(CC(=O)N2CC(C)CC(C)C2)C2(C)C=C3OC(F)(F)OC3=CC2)c(O)c1. The van der Waals surface area contributed by atoms with Crippen molar-refractivity contribution in [1.29, 1.82) is 0 Å². The normalized spacial score (nSPS) is 28.7. The lowest BCUT2D eigenvalue weighted by Gasteiger charge is -2.40. The third-order valence-electron chi connectivity index (χ3n) is 6.98. The number of ether oxygens (including phenoxy) is 3. The highest BCUT2D eigenvalue weighted by Gasteiger charge is 2.50. The molecule has 2 saturated heterocycles. The number of methoxy groups -OCH3 is 1. The molecule has 34 heavy (non-hydrogen) atoms. The fourth-order valence-electron chi connectivity index (χ4n) is 5.44. The number of benzene rings is 1. The van der Waals surface area contributed by atoms with E-state index >= 15 is 0 Å². The Morgan fingerprint density at radius 3 is 2.35 bits per heavy atom. The number of hydrogen-bond acceptors (Lipinski definition) is 6. The van der Waals surface area contributed by atoms with Gasteiger partial charge in [-0.05, 0) is 36.8 Å². The van der Waals surface area contributed by atoms with Gasteiger partial charge < -0.3 is 29.3 Å². The molecule has 2 aliphatic heterocycles. The summed E-state index contributed by atoms with van der Waals surface area (Å²) in [6.07, 6.45) is 0.478. The van der Waals surface area contributed by atoms with E-state index in [0.717, 1.165) is 6.42 Å². The van der Waals surface area contributed by atoms with Crippen molar-refractivity contribution in [1.82, 2.24) is 4.90 Å². The van der Waals surface area contributed by atoms with E-state index in [9.17, 15) is 23.8 Å². The average molecular weight is 480 g/mol. The van der Waals surface area contributed by atoms with Crippen molar-refractivity contribution in [3.63, 3.8) is 0 Å². The maximum Gasteiger partial charge on any atom is 0.586 e. The molecule has 7 nitrogen and oxygen atoms in total. The standard InChI is InChI=1S/C25H31F2NO6/c1-14-7-15(2)13-28(12-14)22(31)10-17(23-18(29)8-16(32-4)9-19(23)30)24(3)6-5-20-21(11-24)34-25(26,27)33-20/h5,8-9,11,14-15,17,29-30H,6-7,10,12-13H2,1-4H3. The van der Waals surface area contributed by atoms with E-state index in [-0.39, 0.29) is 53.1 Å². The first-order valence-electron chi connectivity index (χ1n) is 11.5. The van der Waals surface area contributed by atoms with E-state index in [4.69, 9.17) is 4.74 Å². The van der Waals surface area contributed by atoms with Gasteiger partial charge in [0.2, 0.25) is 5.91 Å². The summed E-state index contributed by atoms with van der Waals surface area (Å²) in [6, 6.07) is 2.73. The largest absolute Gasteiger partial charge is 0.586 e. The number of halogens is 2. The van der Waals surface area contributed by atoms with Gasteiger partial charge in [0.1, 0.15) is 17.2 Å². The van der Waals surface area contributed by atoms with Crippen molar-refractivity contribution in [3.05, 3.63) is 41.4 Å². The number of rotatable bonds is 5. The highest BCUT2D eigenvalue weighted by Crippen LogP contribution is 2.54. The predicted octanol–water partition coefficient (Wildman–Crippen LogP) is 4.86. The molecule has 0 radical (unpaired) electrons. The van der Waals surface area contributed by atoms with E-state index < -0.39 is 17.6 Å². The van der Waals surface area contributed by atoms with Gasteiger partial charge in [0.25, 0.3) is 0 Å². The number of carbonyl (C=O) groups excluding carboxylic acids is 1. The van der Waals surface area contributed by atoms with Crippen LogP contribution in [0.3, 0.4) is 0 Å². The minimum Gasteiger partial charge on any atom is -0.507 e. The zero-order valence-corrected chi connectivity index (χ0v) is 19.8. The molecule has 4 unspecified atom stereocenters. The van der Waals surface area contributed by atoms with Gasteiger partial charge in [0, 0.05) is 48.5 Å². The first-order valence-corrected chi connectivity index (χ1v) is 11.5. The number of nitrogens with zero attached hydrogens (tertiary/aromatic N) is 1. The van der Waals surface area contributed by atoms with Crippen molar-refractivity contribution in [2.75, 3.05) is 20.2 Å². The summed E-state index contributed by atoms with van der Waals surface area (Å²) >= 11 is 0. The van der Waals surface area contributed by atoms with Crippen molar-refractivity contribution < 1.29 is 38.0 Å². The van der Waals surface area contributed by atoms with Gasteiger partial charge in [0.15, 0.2) is 11.5 Å². The summed E-state index contributed by atoms with van der Waals surface area (Å²) in [5.74, 6) is -0.543. The Morgan fingerprint density at radius 1 is 1.18 bits per heavy atom. The lowest BCUT2D eigenvalue weighted by Crippen LogP contribution is -2.44. The van der Waals surface area contributed by atoms with Crippen LogP contribution in [0, 0.1) is 17.3 Å². The van der Waals surface area contributed by atoms with E-state index in [0.29, 0.717) is 24.9 Å². The fourth-order valence-corrected chi connectivity index (χ4v) is 5.44. The van der Waals surface area contributed by atoms with Gasteiger partial charge in [-0.15, -0.1) is 8.78 Å². The van der Waals surface area contributed by atoms with Crippen LogP contribution in [0.2, 0.25) is 0 Å². The molecular weight excluding hydrogens is 448 g/mol. The Morgan fingerprint density at radius 2 is 1.76 bits per heavy atom. The molecule has 0 spiro atoms. The summed E-state index contributed by atoms with van der Waals surface area (Å²) in [5, 5.41) is 21.6. The maximum atomic E-state index is 13.7. The molecule has 9 heteroatoms. The van der Waals surface area contributed by atoms with E-state index in [2.05, 4.69) is 23.3 Å². The van der Waals surface area contributed by atoms with Crippen LogP contribution in [0.4, 0.5) is 8.78 Å². The molecule has 4 atom stereocenters. The highest BCUT2D eigenvalue weighted by atomic mass is 19.3. The van der Waals surface area contributed by atoms with Crippen molar-refractivity contribution >= 4 is 5.91 Å². The van der Waals surface area contributed by atoms with Crippen LogP contribution in [0.25, 0.3) is 0 Å². The molecule has 0 aromatic heterocycles. The molecule has 3 aliphatic rings. The molecule has 0 bridgehead atoms. The van der Waals surface area contributed by atoms with Crippen LogP contribution in [0.1, 0.15) is 51.5 Å². The Bertz CT molecular complexity index is 1010. The van der Waals surface area contributed by atoms with Crippen molar-refractivity contribution in [2.24, 2.45) is 17.3 Å². The van der Waals surface area contributed by atoms with Crippen LogP contribution in [0.5, 0.6) is 17.2 Å². The Kier molecular flexibility index (Phi) is 6.16. The molecule has 1 aliphatic carbocycles. The summed E-state index contributed by atoms with van der Waals surface area (Å²) in [4.78, 5) is 15.3. The second-order valence-corrected chi connectivity index (χ2v) is 10.0. The van der Waals surface area contributed by atoms with Crippen LogP contribution in [-0.2, 0) is 14.3 Å². The molecule has 1 aromatic carbocycles. The molecule has 2 heterocycles. The molecule has 1 amide bonds. The van der Waals surface area contributed by atoms with E-state index in [1.165, 1.54) is 31.4 Å². The van der Waals surface area contributed by atoms with Gasteiger partial charge >= 0.3 is 6.29 Å². The van der Waals surface area contributed by atoms with Crippen molar-refractivity contribution in [2.45, 2.75) is 52.2 Å². The minimum absolute atomic E-state index is 0.0341. The summed E-state index contributed by atoms with van der Waals surface area (Å²) in [5.41, 5.74) is -0.774. The quantitative estimate of drug-likeness (QED) is 0.627. The molecule has 2 fully saturated rings. The molecule has 4 rings (SSSR count). The number of hydrogen-bond donors (Lipinski definition) is 2. The molecule has 2 N–H and O–H groups in total. The smallest absolute Gasteiger partial charge is 0.507 e. The number of fused-ring (bicyclic) bond motifs is 1. The molecule has 186 valence electrons. The number of piperidine rings is 1. The third kappa shape index (κ3) is 4.65. The zero-order valence-electron chi connectivity index (χ0n) is 19.8. The number of aromatic hydroxyl groups is 2.